The van der Waals surface area contributed by atoms with Crippen molar-refractivity contribution in [3.63, 3.8) is 0 Å². The number of hydrogen-bond donors (Lipinski definition) is 2. The Bertz CT molecular complexity index is 358. The highest BCUT2D eigenvalue weighted by atomic mass is 16.3. The Hall–Kier alpha value is -1.35. The quantitative estimate of drug-likeness (QED) is 0.722. The number of anilines is 1. The van der Waals surface area contributed by atoms with E-state index in [0.29, 0.717) is 12.1 Å². The number of carbonyl (C=O) groups excluding carboxylic acids is 1. The molecule has 0 spiro atoms. The molecule has 1 saturated carbocycles. The van der Waals surface area contributed by atoms with Crippen molar-refractivity contribution in [2.45, 2.75) is 25.4 Å². The van der Waals surface area contributed by atoms with Gasteiger partial charge in [-0.2, -0.15) is 0 Å². The summed E-state index contributed by atoms with van der Waals surface area (Å²) in [6, 6.07) is 7.06. The van der Waals surface area contributed by atoms with Crippen molar-refractivity contribution in [2.75, 3.05) is 5.73 Å². The van der Waals surface area contributed by atoms with Gasteiger partial charge >= 0.3 is 0 Å². The van der Waals surface area contributed by atoms with E-state index in [1.165, 1.54) is 0 Å². The number of hydrogen-bond acceptors (Lipinski definition) is 3. The molecule has 2 rings (SSSR count). The van der Waals surface area contributed by atoms with Crippen LogP contribution in [0.15, 0.2) is 24.3 Å². The molecular weight excluding hydrogens is 190 g/mol. The minimum atomic E-state index is -0.666. The summed E-state index contributed by atoms with van der Waals surface area (Å²) in [6.07, 6.45) is 1.64. The van der Waals surface area contributed by atoms with E-state index in [-0.39, 0.29) is 11.7 Å². The van der Waals surface area contributed by atoms with Crippen molar-refractivity contribution in [1.29, 1.82) is 0 Å². The second-order valence-electron chi connectivity index (χ2n) is 4.08. The molecule has 0 amide bonds. The Kier molecular flexibility index (Phi) is 2.73. The third-order valence-electron chi connectivity index (χ3n) is 3.01. The normalized spacial score (nSPS) is 23.0. The van der Waals surface area contributed by atoms with Gasteiger partial charge in [-0.3, -0.25) is 4.79 Å². The minimum Gasteiger partial charge on any atom is -0.399 e. The first kappa shape index (κ1) is 10.2. The fourth-order valence-electron chi connectivity index (χ4n) is 2.10. The summed E-state index contributed by atoms with van der Waals surface area (Å²) in [5.41, 5.74) is 7.01. The maximum atomic E-state index is 11.5. The highest BCUT2D eigenvalue weighted by Gasteiger charge is 2.31. The molecule has 1 aliphatic carbocycles. The summed E-state index contributed by atoms with van der Waals surface area (Å²) < 4.78 is 0. The Balaban J connectivity index is 2.16. The predicted molar refractivity (Wildman–Crippen MR) is 58.2 cm³/mol. The smallest absolute Gasteiger partial charge is 0.138 e. The number of Topliss-reactive ketones (excluding diaryl/α,β-unsaturated/α-hetero) is 1. The summed E-state index contributed by atoms with van der Waals surface area (Å²) in [6.45, 7) is 0. The first-order valence-corrected chi connectivity index (χ1v) is 5.24. The number of aliphatic hydroxyl groups excluding tert-OH is 1. The Morgan fingerprint density at radius 1 is 1.33 bits per heavy atom. The van der Waals surface area contributed by atoms with Crippen LogP contribution in [0.1, 0.15) is 30.9 Å². The molecule has 1 fully saturated rings. The second kappa shape index (κ2) is 4.03. The largest absolute Gasteiger partial charge is 0.399 e. The van der Waals surface area contributed by atoms with Gasteiger partial charge < -0.3 is 10.8 Å². The van der Waals surface area contributed by atoms with E-state index >= 15 is 0 Å². The molecule has 3 heteroatoms. The second-order valence-corrected chi connectivity index (χ2v) is 4.08. The first-order valence-electron chi connectivity index (χ1n) is 5.24. The molecule has 0 bridgehead atoms. The van der Waals surface area contributed by atoms with Crippen LogP contribution in [0.25, 0.3) is 0 Å². The standard InChI is InChI=1S/C12H15NO2/c13-9-6-4-8(5-7-9)12(15)10-2-1-3-11(10)14/h4-7,10,12,15H,1-3,13H2. The summed E-state index contributed by atoms with van der Waals surface area (Å²) in [4.78, 5) is 11.5. The van der Waals surface area contributed by atoms with Gasteiger partial charge in [0.25, 0.3) is 0 Å². The summed E-state index contributed by atoms with van der Waals surface area (Å²) in [5, 5.41) is 10.0. The van der Waals surface area contributed by atoms with Gasteiger partial charge in [-0.25, -0.2) is 0 Å². The highest BCUT2D eigenvalue weighted by molar-refractivity contribution is 5.83. The topological polar surface area (TPSA) is 63.3 Å². The summed E-state index contributed by atoms with van der Waals surface area (Å²) in [5.74, 6) is -0.0343. The molecule has 1 aromatic carbocycles. The molecule has 1 aliphatic rings. The van der Waals surface area contributed by atoms with Crippen LogP contribution < -0.4 is 5.73 Å². The van der Waals surface area contributed by atoms with E-state index in [0.717, 1.165) is 18.4 Å². The highest BCUT2D eigenvalue weighted by Crippen LogP contribution is 2.33. The van der Waals surface area contributed by atoms with E-state index in [2.05, 4.69) is 0 Å². The number of aliphatic hydroxyl groups is 1. The van der Waals surface area contributed by atoms with Crippen molar-refractivity contribution >= 4 is 11.5 Å². The molecule has 80 valence electrons. The molecule has 3 nitrogen and oxygen atoms in total. The Morgan fingerprint density at radius 3 is 2.53 bits per heavy atom. The zero-order chi connectivity index (χ0) is 10.8. The molecule has 15 heavy (non-hydrogen) atoms. The third-order valence-corrected chi connectivity index (χ3v) is 3.01. The fourth-order valence-corrected chi connectivity index (χ4v) is 2.10. The van der Waals surface area contributed by atoms with Crippen LogP contribution >= 0.6 is 0 Å². The lowest BCUT2D eigenvalue weighted by molar-refractivity contribution is -0.123. The molecule has 0 radical (unpaired) electrons. The van der Waals surface area contributed by atoms with Crippen LogP contribution in [0, 0.1) is 5.92 Å². The van der Waals surface area contributed by atoms with Crippen molar-refractivity contribution in [2.24, 2.45) is 5.92 Å². The van der Waals surface area contributed by atoms with Gasteiger partial charge in [0.15, 0.2) is 0 Å². The van der Waals surface area contributed by atoms with Crippen molar-refractivity contribution < 1.29 is 9.90 Å². The van der Waals surface area contributed by atoms with Crippen LogP contribution in [0.3, 0.4) is 0 Å². The van der Waals surface area contributed by atoms with Crippen LogP contribution in [-0.4, -0.2) is 10.9 Å². The van der Waals surface area contributed by atoms with Crippen molar-refractivity contribution in [3.05, 3.63) is 29.8 Å². The third kappa shape index (κ3) is 2.02. The Morgan fingerprint density at radius 2 is 2.00 bits per heavy atom. The number of nitrogen functional groups attached to an aromatic ring is 1. The van der Waals surface area contributed by atoms with Crippen molar-refractivity contribution in [3.8, 4) is 0 Å². The molecule has 0 aliphatic heterocycles. The maximum Gasteiger partial charge on any atom is 0.138 e. The average Bonchev–Trinajstić information content (AvgIpc) is 2.65. The zero-order valence-corrected chi connectivity index (χ0v) is 8.52. The molecular formula is C12H15NO2. The molecule has 1 aromatic rings. The number of carbonyl (C=O) groups is 1. The molecule has 2 atom stereocenters. The van der Waals surface area contributed by atoms with Gasteiger partial charge in [0.2, 0.25) is 0 Å². The predicted octanol–water partition coefficient (Wildman–Crippen LogP) is 1.67. The number of benzene rings is 1. The molecule has 0 saturated heterocycles. The van der Waals surface area contributed by atoms with Gasteiger partial charge in [-0.05, 0) is 30.5 Å². The van der Waals surface area contributed by atoms with E-state index < -0.39 is 6.10 Å². The maximum absolute atomic E-state index is 11.5. The molecule has 3 N–H and O–H groups in total. The lowest BCUT2D eigenvalue weighted by atomic mass is 9.94. The zero-order valence-electron chi connectivity index (χ0n) is 8.52. The van der Waals surface area contributed by atoms with Crippen LogP contribution in [0.4, 0.5) is 5.69 Å². The average molecular weight is 205 g/mol. The molecule has 0 aromatic heterocycles. The van der Waals surface area contributed by atoms with Gasteiger partial charge in [0.1, 0.15) is 5.78 Å². The molecule has 2 unspecified atom stereocenters. The van der Waals surface area contributed by atoms with E-state index in [1.54, 1.807) is 24.3 Å². The number of rotatable bonds is 2. The minimum absolute atomic E-state index is 0.180. The number of nitrogens with two attached hydrogens (primary N) is 1. The van der Waals surface area contributed by atoms with Gasteiger partial charge in [-0.1, -0.05) is 12.1 Å². The monoisotopic (exact) mass is 205 g/mol. The molecule has 0 heterocycles. The SMILES string of the molecule is Nc1ccc(C(O)C2CCCC2=O)cc1. The summed E-state index contributed by atoms with van der Waals surface area (Å²) >= 11 is 0. The lowest BCUT2D eigenvalue weighted by Gasteiger charge is -2.16. The van der Waals surface area contributed by atoms with E-state index in [9.17, 15) is 9.90 Å². The van der Waals surface area contributed by atoms with Crippen LogP contribution in [-0.2, 0) is 4.79 Å². The number of ketones is 1. The summed E-state index contributed by atoms with van der Waals surface area (Å²) in [7, 11) is 0. The first-order chi connectivity index (χ1) is 7.18. The van der Waals surface area contributed by atoms with Gasteiger partial charge in [0.05, 0.1) is 6.10 Å². The van der Waals surface area contributed by atoms with Gasteiger partial charge in [0, 0.05) is 18.0 Å². The fraction of sp³-hybridized carbons (Fsp3) is 0.417. The Labute approximate surface area is 88.9 Å². The van der Waals surface area contributed by atoms with Crippen LogP contribution in [0.5, 0.6) is 0 Å². The van der Waals surface area contributed by atoms with Crippen LogP contribution in [0.2, 0.25) is 0 Å². The van der Waals surface area contributed by atoms with E-state index in [4.69, 9.17) is 5.73 Å². The lowest BCUT2D eigenvalue weighted by Crippen LogP contribution is -2.16. The van der Waals surface area contributed by atoms with E-state index in [1.807, 2.05) is 0 Å². The van der Waals surface area contributed by atoms with Crippen molar-refractivity contribution in [1.82, 2.24) is 0 Å². The van der Waals surface area contributed by atoms with Gasteiger partial charge in [-0.15, -0.1) is 0 Å².